The van der Waals surface area contributed by atoms with Crippen molar-refractivity contribution in [2.24, 2.45) is 0 Å². The third-order valence-electron chi connectivity index (χ3n) is 1.02. The van der Waals surface area contributed by atoms with Crippen LogP contribution in [0.3, 0.4) is 0 Å². The predicted molar refractivity (Wildman–Crippen MR) is 41.1 cm³/mol. The highest BCUT2D eigenvalue weighted by molar-refractivity contribution is 9.10. The van der Waals surface area contributed by atoms with Crippen LogP contribution in [0, 0.1) is 6.92 Å². The second kappa shape index (κ2) is 2.35. The molecule has 48 valence electrons. The summed E-state index contributed by atoms with van der Waals surface area (Å²) in [5.41, 5.74) is 7.13. The summed E-state index contributed by atoms with van der Waals surface area (Å²) < 4.78 is 0.912. The number of pyridine rings is 1. The summed E-state index contributed by atoms with van der Waals surface area (Å²) in [5.74, 6) is 0. The quantitative estimate of drug-likeness (QED) is 0.671. The zero-order valence-corrected chi connectivity index (χ0v) is 6.64. The number of halogens is 1. The van der Waals surface area contributed by atoms with Crippen molar-refractivity contribution < 1.29 is 0 Å². The number of aromatic nitrogens is 1. The second-order valence-electron chi connectivity index (χ2n) is 1.85. The molecule has 0 amide bonds. The SMILES string of the molecule is Cc1cc(Br)c(N)cn1. The minimum Gasteiger partial charge on any atom is -0.397 e. The molecule has 0 spiro atoms. The van der Waals surface area contributed by atoms with Crippen molar-refractivity contribution in [3.8, 4) is 0 Å². The fourth-order valence-corrected chi connectivity index (χ4v) is 0.971. The van der Waals surface area contributed by atoms with Gasteiger partial charge in [0, 0.05) is 10.2 Å². The van der Waals surface area contributed by atoms with Crippen LogP contribution >= 0.6 is 15.9 Å². The monoisotopic (exact) mass is 186 g/mol. The number of nitrogens with two attached hydrogens (primary N) is 1. The molecule has 1 rings (SSSR count). The van der Waals surface area contributed by atoms with E-state index in [0.717, 1.165) is 10.2 Å². The van der Waals surface area contributed by atoms with E-state index in [1.54, 1.807) is 6.20 Å². The molecule has 0 aromatic carbocycles. The zero-order valence-electron chi connectivity index (χ0n) is 5.06. The molecule has 0 fully saturated rings. The highest BCUT2D eigenvalue weighted by atomic mass is 79.9. The Labute approximate surface area is 62.2 Å². The van der Waals surface area contributed by atoms with E-state index in [4.69, 9.17) is 5.73 Å². The Morgan fingerprint density at radius 1 is 1.67 bits per heavy atom. The number of nitrogen functional groups attached to an aromatic ring is 1. The van der Waals surface area contributed by atoms with Crippen molar-refractivity contribution >= 4 is 21.6 Å². The van der Waals surface area contributed by atoms with Gasteiger partial charge < -0.3 is 5.73 Å². The molecule has 3 heteroatoms. The number of anilines is 1. The van der Waals surface area contributed by atoms with Crippen LogP contribution in [-0.4, -0.2) is 4.98 Å². The van der Waals surface area contributed by atoms with E-state index in [9.17, 15) is 0 Å². The van der Waals surface area contributed by atoms with Crippen LogP contribution in [0.4, 0.5) is 5.69 Å². The van der Waals surface area contributed by atoms with Crippen LogP contribution in [0.1, 0.15) is 5.69 Å². The van der Waals surface area contributed by atoms with E-state index in [2.05, 4.69) is 20.9 Å². The van der Waals surface area contributed by atoms with Gasteiger partial charge in [0.15, 0.2) is 0 Å². The molecule has 9 heavy (non-hydrogen) atoms. The summed E-state index contributed by atoms with van der Waals surface area (Å²) >= 11 is 3.28. The maximum atomic E-state index is 5.48. The molecule has 2 nitrogen and oxygen atoms in total. The summed E-state index contributed by atoms with van der Waals surface area (Å²) in [6, 6.07) is 1.88. The van der Waals surface area contributed by atoms with Gasteiger partial charge in [-0.3, -0.25) is 4.98 Å². The lowest BCUT2D eigenvalue weighted by Crippen LogP contribution is -1.88. The molecule has 2 N–H and O–H groups in total. The Hall–Kier alpha value is -0.570. The molecule has 1 aromatic heterocycles. The lowest BCUT2D eigenvalue weighted by molar-refractivity contribution is 1.20. The van der Waals surface area contributed by atoms with Gasteiger partial charge in [0.2, 0.25) is 0 Å². The zero-order chi connectivity index (χ0) is 6.85. The van der Waals surface area contributed by atoms with E-state index in [1.165, 1.54) is 0 Å². The molecular weight excluding hydrogens is 180 g/mol. The molecule has 1 aromatic rings. The van der Waals surface area contributed by atoms with Crippen LogP contribution in [0.2, 0.25) is 0 Å². The first-order valence-corrected chi connectivity index (χ1v) is 3.37. The molecule has 0 saturated carbocycles. The van der Waals surface area contributed by atoms with Crippen molar-refractivity contribution in [1.82, 2.24) is 4.98 Å². The third kappa shape index (κ3) is 1.42. The highest BCUT2D eigenvalue weighted by Crippen LogP contribution is 2.17. The number of nitrogens with zero attached hydrogens (tertiary/aromatic N) is 1. The maximum absolute atomic E-state index is 5.48. The van der Waals surface area contributed by atoms with Gasteiger partial charge in [-0.05, 0) is 28.9 Å². The van der Waals surface area contributed by atoms with Crippen LogP contribution < -0.4 is 5.73 Å². The molecule has 0 radical (unpaired) electrons. The lowest BCUT2D eigenvalue weighted by atomic mass is 10.3. The van der Waals surface area contributed by atoms with Crippen molar-refractivity contribution in [3.05, 3.63) is 22.4 Å². The van der Waals surface area contributed by atoms with Crippen LogP contribution in [0.25, 0.3) is 0 Å². The average molecular weight is 187 g/mol. The number of aryl methyl sites for hydroxylation is 1. The van der Waals surface area contributed by atoms with E-state index < -0.39 is 0 Å². The minimum absolute atomic E-state index is 0.681. The molecule has 0 aliphatic carbocycles. The predicted octanol–water partition coefficient (Wildman–Crippen LogP) is 1.73. The van der Waals surface area contributed by atoms with Crippen LogP contribution in [-0.2, 0) is 0 Å². The second-order valence-corrected chi connectivity index (χ2v) is 2.70. The molecule has 0 saturated heterocycles. The third-order valence-corrected chi connectivity index (χ3v) is 1.71. The van der Waals surface area contributed by atoms with Gasteiger partial charge in [-0.25, -0.2) is 0 Å². The molecular formula is C6H7BrN2. The summed E-state index contributed by atoms with van der Waals surface area (Å²) in [6.07, 6.45) is 1.64. The van der Waals surface area contributed by atoms with Crippen LogP contribution in [0.5, 0.6) is 0 Å². The molecule has 1 heterocycles. The van der Waals surface area contributed by atoms with E-state index in [0.29, 0.717) is 5.69 Å². The van der Waals surface area contributed by atoms with Gasteiger partial charge in [-0.15, -0.1) is 0 Å². The first-order chi connectivity index (χ1) is 4.20. The largest absolute Gasteiger partial charge is 0.397 e. The fourth-order valence-electron chi connectivity index (χ4n) is 0.537. The molecule has 0 aliphatic heterocycles. The molecule has 0 bridgehead atoms. The van der Waals surface area contributed by atoms with E-state index in [-0.39, 0.29) is 0 Å². The number of hydrogen-bond donors (Lipinski definition) is 1. The Morgan fingerprint density at radius 2 is 2.33 bits per heavy atom. The number of rotatable bonds is 0. The topological polar surface area (TPSA) is 38.9 Å². The van der Waals surface area contributed by atoms with E-state index in [1.807, 2.05) is 13.0 Å². The van der Waals surface area contributed by atoms with Gasteiger partial charge in [0.25, 0.3) is 0 Å². The van der Waals surface area contributed by atoms with Gasteiger partial charge in [-0.1, -0.05) is 0 Å². The van der Waals surface area contributed by atoms with Gasteiger partial charge in [0.1, 0.15) is 0 Å². The van der Waals surface area contributed by atoms with Crippen LogP contribution in [0.15, 0.2) is 16.7 Å². The van der Waals surface area contributed by atoms with Crippen molar-refractivity contribution in [1.29, 1.82) is 0 Å². The van der Waals surface area contributed by atoms with Crippen molar-refractivity contribution in [2.45, 2.75) is 6.92 Å². The first kappa shape index (κ1) is 6.55. The molecule has 0 atom stereocenters. The Bertz CT molecular complexity index is 222. The fraction of sp³-hybridized carbons (Fsp3) is 0.167. The molecule has 0 aliphatic rings. The summed E-state index contributed by atoms with van der Waals surface area (Å²) in [6.45, 7) is 1.92. The Kier molecular flexibility index (Phi) is 1.71. The highest BCUT2D eigenvalue weighted by Gasteiger charge is 1.92. The first-order valence-electron chi connectivity index (χ1n) is 2.58. The summed E-state index contributed by atoms with van der Waals surface area (Å²) in [5, 5.41) is 0. The minimum atomic E-state index is 0.681. The average Bonchev–Trinajstić information content (AvgIpc) is 1.80. The standard InChI is InChI=1S/C6H7BrN2/c1-4-2-5(7)6(8)3-9-4/h2-3H,8H2,1H3. The molecule has 0 unspecified atom stereocenters. The lowest BCUT2D eigenvalue weighted by Gasteiger charge is -1.95. The van der Waals surface area contributed by atoms with Gasteiger partial charge >= 0.3 is 0 Å². The Balaban J connectivity index is 3.17. The van der Waals surface area contributed by atoms with E-state index >= 15 is 0 Å². The van der Waals surface area contributed by atoms with Crippen molar-refractivity contribution in [2.75, 3.05) is 5.73 Å². The summed E-state index contributed by atoms with van der Waals surface area (Å²) in [4.78, 5) is 3.98. The van der Waals surface area contributed by atoms with Crippen molar-refractivity contribution in [3.63, 3.8) is 0 Å². The van der Waals surface area contributed by atoms with Gasteiger partial charge in [0.05, 0.1) is 11.9 Å². The number of hydrogen-bond acceptors (Lipinski definition) is 2. The normalized spacial score (nSPS) is 9.56. The smallest absolute Gasteiger partial charge is 0.0645 e. The van der Waals surface area contributed by atoms with Gasteiger partial charge in [-0.2, -0.15) is 0 Å². The Morgan fingerprint density at radius 3 is 2.78 bits per heavy atom. The maximum Gasteiger partial charge on any atom is 0.0645 e. The summed E-state index contributed by atoms with van der Waals surface area (Å²) in [7, 11) is 0.